The van der Waals surface area contributed by atoms with Crippen LogP contribution in [0.5, 0.6) is 0 Å². The van der Waals surface area contributed by atoms with Gasteiger partial charge in [0.05, 0.1) is 6.26 Å². The first-order valence-electron chi connectivity index (χ1n) is 7.64. The molecule has 0 aliphatic rings. The quantitative estimate of drug-likeness (QED) is 0.554. The first-order chi connectivity index (χ1) is 12.1. The largest absolute Gasteiger partial charge is 0.463 e. The average Bonchev–Trinajstić information content (AvgIpc) is 2.94. The number of hydrogen-bond donors (Lipinski definition) is 2. The zero-order chi connectivity index (χ0) is 19.5. The first-order valence-corrected chi connectivity index (χ1v) is 9.53. The Labute approximate surface area is 150 Å². The molecule has 0 spiro atoms. The molecule has 2 N–H and O–H groups in total. The standard InChI is InChI=1S/C17H19NO7S/c1-10-15(8-14(9-19)24-10)17(21)25-11(2)16(20)12-4-6-13(7-5-12)18-26(3,22)23/h4-8,11,18-19H,9H2,1-3H3/t11-/m0/s1. The van der Waals surface area contributed by atoms with E-state index in [1.165, 1.54) is 37.3 Å². The number of esters is 1. The van der Waals surface area contributed by atoms with Crippen molar-refractivity contribution in [2.75, 3.05) is 11.0 Å². The summed E-state index contributed by atoms with van der Waals surface area (Å²) < 4.78 is 35.0. The summed E-state index contributed by atoms with van der Waals surface area (Å²) in [6.07, 6.45) is -0.0312. The molecule has 0 aliphatic heterocycles. The third kappa shape index (κ3) is 4.93. The lowest BCUT2D eigenvalue weighted by Gasteiger charge is -2.12. The summed E-state index contributed by atoms with van der Waals surface area (Å²) in [5.41, 5.74) is 0.727. The van der Waals surface area contributed by atoms with Gasteiger partial charge in [0.15, 0.2) is 6.10 Å². The van der Waals surface area contributed by atoms with Crippen molar-refractivity contribution in [3.05, 3.63) is 53.0 Å². The lowest BCUT2D eigenvalue weighted by Crippen LogP contribution is -2.24. The molecule has 1 aromatic heterocycles. The van der Waals surface area contributed by atoms with Crippen LogP contribution in [0, 0.1) is 6.92 Å². The van der Waals surface area contributed by atoms with Gasteiger partial charge in [-0.05, 0) is 44.2 Å². The van der Waals surface area contributed by atoms with Crippen molar-refractivity contribution >= 4 is 27.5 Å². The molecule has 2 rings (SSSR count). The number of carbonyl (C=O) groups excluding carboxylic acids is 2. The highest BCUT2D eigenvalue weighted by molar-refractivity contribution is 7.92. The highest BCUT2D eigenvalue weighted by atomic mass is 32.2. The Morgan fingerprint density at radius 2 is 1.88 bits per heavy atom. The predicted octanol–water partition coefficient (Wildman–Crippen LogP) is 1.88. The molecule has 8 nitrogen and oxygen atoms in total. The molecule has 0 bridgehead atoms. The molecule has 140 valence electrons. The Bertz CT molecular complexity index is 913. The molecule has 1 heterocycles. The second-order valence-corrected chi connectivity index (χ2v) is 7.45. The van der Waals surface area contributed by atoms with E-state index in [4.69, 9.17) is 14.3 Å². The molecule has 2 aromatic rings. The van der Waals surface area contributed by atoms with Gasteiger partial charge in [0.25, 0.3) is 0 Å². The summed E-state index contributed by atoms with van der Waals surface area (Å²) >= 11 is 0. The van der Waals surface area contributed by atoms with E-state index in [0.717, 1.165) is 6.26 Å². The highest BCUT2D eigenvalue weighted by Crippen LogP contribution is 2.18. The Morgan fingerprint density at radius 1 is 1.27 bits per heavy atom. The Morgan fingerprint density at radius 3 is 2.38 bits per heavy atom. The summed E-state index contributed by atoms with van der Waals surface area (Å²) in [5.74, 6) is -0.660. The normalized spacial score (nSPS) is 12.5. The minimum absolute atomic E-state index is 0.140. The van der Waals surface area contributed by atoms with Gasteiger partial charge < -0.3 is 14.3 Å². The Kier molecular flexibility index (Phi) is 5.83. The molecule has 1 aromatic carbocycles. The molecule has 9 heteroatoms. The number of ketones is 1. The second-order valence-electron chi connectivity index (χ2n) is 5.70. The summed E-state index contributed by atoms with van der Waals surface area (Å²) in [6, 6.07) is 7.12. The summed E-state index contributed by atoms with van der Waals surface area (Å²) in [4.78, 5) is 24.5. The maximum atomic E-state index is 12.4. The number of sulfonamides is 1. The Hall–Kier alpha value is -2.65. The van der Waals surface area contributed by atoms with Crippen LogP contribution in [-0.4, -0.2) is 37.6 Å². The molecule has 0 fully saturated rings. The fourth-order valence-corrected chi connectivity index (χ4v) is 2.82. The van der Waals surface area contributed by atoms with Gasteiger partial charge in [-0.3, -0.25) is 9.52 Å². The van der Waals surface area contributed by atoms with Gasteiger partial charge in [0, 0.05) is 11.3 Å². The van der Waals surface area contributed by atoms with Crippen molar-refractivity contribution in [2.45, 2.75) is 26.6 Å². The van der Waals surface area contributed by atoms with Crippen LogP contribution in [0.1, 0.15) is 39.2 Å². The molecule has 0 saturated heterocycles. The maximum absolute atomic E-state index is 12.4. The molecule has 0 unspecified atom stereocenters. The van der Waals surface area contributed by atoms with Crippen molar-refractivity contribution in [3.63, 3.8) is 0 Å². The number of anilines is 1. The number of aryl methyl sites for hydroxylation is 1. The van der Waals surface area contributed by atoms with Gasteiger partial charge in [-0.2, -0.15) is 0 Å². The van der Waals surface area contributed by atoms with Crippen LogP contribution in [0.15, 0.2) is 34.7 Å². The number of aliphatic hydroxyl groups is 1. The van der Waals surface area contributed by atoms with Crippen LogP contribution in [0.4, 0.5) is 5.69 Å². The molecule has 1 atom stereocenters. The Balaban J connectivity index is 2.06. The minimum atomic E-state index is -3.41. The lowest BCUT2D eigenvalue weighted by atomic mass is 10.1. The average molecular weight is 381 g/mol. The van der Waals surface area contributed by atoms with Gasteiger partial charge in [0.2, 0.25) is 15.8 Å². The summed E-state index contributed by atoms with van der Waals surface area (Å²) in [7, 11) is -3.41. The van der Waals surface area contributed by atoms with Crippen LogP contribution in [0.3, 0.4) is 0 Å². The monoisotopic (exact) mass is 381 g/mol. The number of furan rings is 1. The highest BCUT2D eigenvalue weighted by Gasteiger charge is 2.23. The van der Waals surface area contributed by atoms with Crippen LogP contribution >= 0.6 is 0 Å². The van der Waals surface area contributed by atoms with Gasteiger partial charge in [-0.15, -0.1) is 0 Å². The van der Waals surface area contributed by atoms with E-state index in [9.17, 15) is 18.0 Å². The number of rotatable bonds is 7. The minimum Gasteiger partial charge on any atom is -0.463 e. The van der Waals surface area contributed by atoms with E-state index >= 15 is 0 Å². The van der Waals surface area contributed by atoms with Gasteiger partial charge in [-0.25, -0.2) is 13.2 Å². The van der Waals surface area contributed by atoms with E-state index in [-0.39, 0.29) is 29.3 Å². The number of Topliss-reactive ketones (excluding diaryl/α,β-unsaturated/α-hetero) is 1. The van der Waals surface area contributed by atoms with E-state index in [1.807, 2.05) is 0 Å². The number of hydrogen-bond acceptors (Lipinski definition) is 7. The number of aliphatic hydroxyl groups excluding tert-OH is 1. The number of carbonyl (C=O) groups is 2. The zero-order valence-electron chi connectivity index (χ0n) is 14.5. The number of nitrogens with one attached hydrogen (secondary N) is 1. The maximum Gasteiger partial charge on any atom is 0.342 e. The van der Waals surface area contributed by atoms with Crippen molar-refractivity contribution < 1.29 is 32.3 Å². The topological polar surface area (TPSA) is 123 Å². The third-order valence-electron chi connectivity index (χ3n) is 3.47. The molecule has 0 aliphatic carbocycles. The van der Waals surface area contributed by atoms with Crippen LogP contribution in [-0.2, 0) is 21.4 Å². The van der Waals surface area contributed by atoms with Gasteiger partial charge in [-0.1, -0.05) is 0 Å². The van der Waals surface area contributed by atoms with Crippen molar-refractivity contribution in [2.24, 2.45) is 0 Å². The number of ether oxygens (including phenoxy) is 1. The summed E-state index contributed by atoms with van der Waals surface area (Å²) in [6.45, 7) is 2.64. The third-order valence-corrected chi connectivity index (χ3v) is 4.08. The molecule has 26 heavy (non-hydrogen) atoms. The van der Waals surface area contributed by atoms with Crippen molar-refractivity contribution in [3.8, 4) is 0 Å². The zero-order valence-corrected chi connectivity index (χ0v) is 15.3. The molecule has 0 amide bonds. The molecular formula is C17H19NO7S. The van der Waals surface area contributed by atoms with Crippen LogP contribution < -0.4 is 4.72 Å². The molecular weight excluding hydrogens is 362 g/mol. The molecule has 0 radical (unpaired) electrons. The van der Waals surface area contributed by atoms with E-state index in [0.29, 0.717) is 5.69 Å². The van der Waals surface area contributed by atoms with Gasteiger partial charge >= 0.3 is 5.97 Å². The summed E-state index contributed by atoms with van der Waals surface area (Å²) in [5, 5.41) is 9.03. The smallest absolute Gasteiger partial charge is 0.342 e. The first kappa shape index (κ1) is 19.7. The second kappa shape index (κ2) is 7.71. The van der Waals surface area contributed by atoms with Crippen molar-refractivity contribution in [1.82, 2.24) is 0 Å². The fraction of sp³-hybridized carbons (Fsp3) is 0.294. The van der Waals surface area contributed by atoms with Crippen molar-refractivity contribution in [1.29, 1.82) is 0 Å². The van der Waals surface area contributed by atoms with Gasteiger partial charge in [0.1, 0.15) is 23.7 Å². The predicted molar refractivity (Wildman–Crippen MR) is 93.5 cm³/mol. The number of benzene rings is 1. The van der Waals surface area contributed by atoms with E-state index < -0.39 is 27.9 Å². The van der Waals surface area contributed by atoms with E-state index in [2.05, 4.69) is 4.72 Å². The lowest BCUT2D eigenvalue weighted by molar-refractivity contribution is 0.0317. The fourth-order valence-electron chi connectivity index (χ4n) is 2.25. The van der Waals surface area contributed by atoms with Crippen LogP contribution in [0.25, 0.3) is 0 Å². The SMILES string of the molecule is Cc1oc(CO)cc1C(=O)O[C@@H](C)C(=O)c1ccc(NS(C)(=O)=O)cc1. The van der Waals surface area contributed by atoms with Crippen LogP contribution in [0.2, 0.25) is 0 Å². The van der Waals surface area contributed by atoms with E-state index in [1.54, 1.807) is 6.92 Å². The molecule has 0 saturated carbocycles.